The van der Waals surface area contributed by atoms with Crippen LogP contribution in [0.1, 0.15) is 27.2 Å². The van der Waals surface area contributed by atoms with Gasteiger partial charge in [-0.15, -0.1) is 5.69 Å². The van der Waals surface area contributed by atoms with Gasteiger partial charge in [-0.05, 0) is 34.4 Å². The van der Waals surface area contributed by atoms with Gasteiger partial charge in [-0.1, -0.05) is 115 Å². The Bertz CT molecular complexity index is 1690. The first-order valence-electron chi connectivity index (χ1n) is 12.6. The number of amides is 1. The number of pyridine rings is 1. The summed E-state index contributed by atoms with van der Waals surface area (Å²) < 4.78 is 0. The third kappa shape index (κ3) is 7.10. The fraction of sp³-hybridized carbons (Fsp3) is 0. The van der Waals surface area contributed by atoms with Crippen molar-refractivity contribution < 1.29 is 31.2 Å². The van der Waals surface area contributed by atoms with Crippen molar-refractivity contribution in [1.29, 1.82) is 0 Å². The minimum Gasteiger partial charge on any atom is -0.621 e. The molecule has 4 aromatic carbocycles. The SMILES string of the molecule is O=C([O-])/C(=C\N=C(c1ccccc1)c1ccccc1[N-]C(=O)c1ccccn1)c1ccc(-c2ccccc2)cc1.[Ni+2]. The molecule has 0 unspecified atom stereocenters. The molecule has 0 aliphatic heterocycles. The van der Waals surface area contributed by atoms with Gasteiger partial charge >= 0.3 is 16.5 Å². The van der Waals surface area contributed by atoms with E-state index < -0.39 is 11.9 Å². The Balaban J connectivity index is 0.00000387. The van der Waals surface area contributed by atoms with Crippen molar-refractivity contribution in [3.8, 4) is 11.1 Å². The normalized spacial score (nSPS) is 11.3. The van der Waals surface area contributed by atoms with Gasteiger partial charge in [0, 0.05) is 23.5 Å². The van der Waals surface area contributed by atoms with Crippen LogP contribution in [0.25, 0.3) is 22.0 Å². The molecule has 0 spiro atoms. The second-order valence-corrected chi connectivity index (χ2v) is 8.77. The number of aliphatic carboxylic acids is 1. The smallest absolute Gasteiger partial charge is 0.621 e. The summed E-state index contributed by atoms with van der Waals surface area (Å²) in [7, 11) is 0. The van der Waals surface area contributed by atoms with E-state index in [4.69, 9.17) is 0 Å². The fourth-order valence-electron chi connectivity index (χ4n) is 4.17. The minimum absolute atomic E-state index is 0. The molecule has 5 rings (SSSR count). The van der Waals surface area contributed by atoms with Crippen molar-refractivity contribution in [1.82, 2.24) is 4.98 Å². The standard InChI is InChI=1S/C34H25N3O3.Ni/c38-33(31-17-9-10-22-35-31)37-30-16-8-7-15-28(30)32(27-13-5-2-6-14-27)36-23-29(34(39)40)26-20-18-25(19-21-26)24-11-3-1-4-12-24;/h1-23H,(H2,36,37,38,39,40);/q;+2/p-2/b29-23-;. The van der Waals surface area contributed by atoms with Crippen molar-refractivity contribution >= 4 is 28.8 Å². The Hall–Kier alpha value is -5.13. The molecule has 0 saturated heterocycles. The summed E-state index contributed by atoms with van der Waals surface area (Å²) in [5.74, 6) is -1.85. The number of aliphatic imine (C=N–C) groups is 1. The van der Waals surface area contributed by atoms with Gasteiger partial charge in [0.2, 0.25) is 0 Å². The molecule has 0 fully saturated rings. The second-order valence-electron chi connectivity index (χ2n) is 8.77. The van der Waals surface area contributed by atoms with Gasteiger partial charge in [0.25, 0.3) is 0 Å². The Labute approximate surface area is 248 Å². The van der Waals surface area contributed by atoms with Crippen LogP contribution in [-0.4, -0.2) is 22.6 Å². The molecular formula is C34H23N3NiO3. The molecule has 202 valence electrons. The number of nitrogens with zero attached hydrogens (tertiary/aromatic N) is 3. The summed E-state index contributed by atoms with van der Waals surface area (Å²) in [5.41, 5.74) is 4.71. The molecule has 6 nitrogen and oxygen atoms in total. The largest absolute Gasteiger partial charge is 2.00 e. The van der Waals surface area contributed by atoms with Gasteiger partial charge in [0.1, 0.15) is 5.91 Å². The van der Waals surface area contributed by atoms with Gasteiger partial charge < -0.3 is 20.0 Å². The molecule has 41 heavy (non-hydrogen) atoms. The average molecular weight is 580 g/mol. The van der Waals surface area contributed by atoms with E-state index in [1.165, 1.54) is 12.4 Å². The maximum Gasteiger partial charge on any atom is 2.00 e. The van der Waals surface area contributed by atoms with Crippen LogP contribution in [0.3, 0.4) is 0 Å². The van der Waals surface area contributed by atoms with E-state index in [0.717, 1.165) is 16.7 Å². The molecule has 0 bridgehead atoms. The van der Waals surface area contributed by atoms with Crippen LogP contribution in [0.5, 0.6) is 0 Å². The third-order valence-electron chi connectivity index (χ3n) is 6.16. The van der Waals surface area contributed by atoms with Crippen molar-refractivity contribution in [2.45, 2.75) is 0 Å². The van der Waals surface area contributed by atoms with Gasteiger partial charge in [-0.3, -0.25) is 9.98 Å². The van der Waals surface area contributed by atoms with E-state index in [1.54, 1.807) is 48.5 Å². The first-order chi connectivity index (χ1) is 19.6. The van der Waals surface area contributed by atoms with Crippen molar-refractivity contribution in [2.75, 3.05) is 0 Å². The molecule has 1 heterocycles. The van der Waals surface area contributed by atoms with Crippen LogP contribution < -0.4 is 5.11 Å². The summed E-state index contributed by atoms with van der Waals surface area (Å²) >= 11 is 0. The molecular weight excluding hydrogens is 557 g/mol. The summed E-state index contributed by atoms with van der Waals surface area (Å²) in [6, 6.07) is 38.4. The number of carbonyl (C=O) groups is 2. The number of benzene rings is 4. The predicted molar refractivity (Wildman–Crippen MR) is 155 cm³/mol. The molecule has 1 amide bonds. The number of rotatable bonds is 8. The van der Waals surface area contributed by atoms with E-state index in [9.17, 15) is 14.7 Å². The predicted octanol–water partition coefficient (Wildman–Crippen LogP) is 6.22. The number of hydrogen-bond donors (Lipinski definition) is 0. The number of carboxylic acid groups (broad SMARTS) is 1. The number of aromatic nitrogens is 1. The van der Waals surface area contributed by atoms with Crippen LogP contribution in [0.2, 0.25) is 0 Å². The van der Waals surface area contributed by atoms with Crippen LogP contribution in [-0.2, 0) is 21.3 Å². The van der Waals surface area contributed by atoms with E-state index in [-0.39, 0.29) is 27.8 Å². The van der Waals surface area contributed by atoms with Crippen LogP contribution >= 0.6 is 0 Å². The van der Waals surface area contributed by atoms with E-state index >= 15 is 0 Å². The maximum absolute atomic E-state index is 12.8. The molecule has 0 aliphatic carbocycles. The summed E-state index contributed by atoms with van der Waals surface area (Å²) in [6.45, 7) is 0. The Morgan fingerprint density at radius 1 is 0.683 bits per heavy atom. The molecule has 0 aliphatic rings. The maximum atomic E-state index is 12.8. The monoisotopic (exact) mass is 579 g/mol. The molecule has 1 aromatic heterocycles. The summed E-state index contributed by atoms with van der Waals surface area (Å²) in [6.07, 6.45) is 2.82. The Morgan fingerprint density at radius 2 is 1.29 bits per heavy atom. The van der Waals surface area contributed by atoms with E-state index in [0.29, 0.717) is 22.5 Å². The zero-order valence-corrected chi connectivity index (χ0v) is 22.6. The third-order valence-corrected chi connectivity index (χ3v) is 6.16. The van der Waals surface area contributed by atoms with Crippen molar-refractivity contribution in [3.63, 3.8) is 0 Å². The number of para-hydroxylation sites is 1. The first kappa shape index (κ1) is 28.9. The summed E-state index contributed by atoms with van der Waals surface area (Å²) in [4.78, 5) is 33.7. The zero-order valence-electron chi connectivity index (χ0n) is 21.7. The average Bonchev–Trinajstić information content (AvgIpc) is 3.01. The van der Waals surface area contributed by atoms with Crippen molar-refractivity contribution in [2.24, 2.45) is 4.99 Å². The van der Waals surface area contributed by atoms with Gasteiger partial charge in [-0.25, -0.2) is 0 Å². The molecule has 0 saturated carbocycles. The van der Waals surface area contributed by atoms with E-state index in [1.807, 2.05) is 78.9 Å². The van der Waals surface area contributed by atoms with Gasteiger partial charge in [-0.2, -0.15) is 0 Å². The van der Waals surface area contributed by atoms with Gasteiger partial charge in [0.15, 0.2) is 0 Å². The zero-order chi connectivity index (χ0) is 27.7. The quantitative estimate of drug-likeness (QED) is 0.124. The van der Waals surface area contributed by atoms with Crippen LogP contribution in [0.4, 0.5) is 5.69 Å². The van der Waals surface area contributed by atoms with Crippen LogP contribution in [0.15, 0.2) is 145 Å². The minimum atomic E-state index is -1.35. The van der Waals surface area contributed by atoms with Gasteiger partial charge in [0.05, 0.1) is 17.4 Å². The molecule has 7 heteroatoms. The molecule has 0 radical (unpaired) electrons. The molecule has 5 aromatic rings. The van der Waals surface area contributed by atoms with Crippen LogP contribution in [0, 0.1) is 0 Å². The Morgan fingerprint density at radius 3 is 1.95 bits per heavy atom. The number of carbonyl (C=O) groups excluding carboxylic acids is 2. The number of carboxylic acids is 1. The number of hydrogen-bond acceptors (Lipinski definition) is 5. The van der Waals surface area contributed by atoms with Crippen molar-refractivity contribution in [3.05, 3.63) is 167 Å². The summed E-state index contributed by atoms with van der Waals surface area (Å²) in [5, 5.41) is 16.5. The molecule has 0 atom stereocenters. The first-order valence-corrected chi connectivity index (χ1v) is 12.6. The molecule has 0 N–H and O–H groups in total. The fourth-order valence-corrected chi connectivity index (χ4v) is 4.17. The van der Waals surface area contributed by atoms with E-state index in [2.05, 4.69) is 15.3 Å². The topological polar surface area (TPSA) is 96.5 Å². The second kappa shape index (κ2) is 13.8. The Kier molecular flexibility index (Phi) is 9.71.